The topological polar surface area (TPSA) is 684 Å². The second-order valence-electron chi connectivity index (χ2n) is 25.1. The van der Waals surface area contributed by atoms with Crippen LogP contribution in [0.15, 0.2) is 0 Å². The molecule has 562 valence electrons. The number of hydrogen-bond acceptors (Lipinski definition) is 42. The van der Waals surface area contributed by atoms with Crippen molar-refractivity contribution >= 4 is 45.1 Å². The average molecular weight is 1470 g/mol. The Hall–Kier alpha value is -0.120. The normalized spacial score (nSPS) is 48.8. The van der Waals surface area contributed by atoms with Gasteiger partial charge in [0.2, 0.25) is 0 Å². The van der Waals surface area contributed by atoms with Crippen LogP contribution in [-0.4, -0.2) is 381 Å². The first-order valence-corrected chi connectivity index (χ1v) is 37.0. The number of aliphatic hydroxyl groups excluding tert-OH is 12. The molecule has 8 fully saturated rings. The van der Waals surface area contributed by atoms with E-state index >= 15 is 0 Å². The van der Waals surface area contributed by atoms with E-state index in [4.69, 9.17) is 135 Å². The lowest BCUT2D eigenvalue weighted by Crippen LogP contribution is -2.68. The maximum atomic E-state index is 11.9. The van der Waals surface area contributed by atoms with E-state index in [0.717, 1.165) is 0 Å². The molecule has 8 rings (SSSR count). The molecule has 0 amide bonds. The quantitative estimate of drug-likeness (QED) is 0.0214. The molecule has 12 unspecified atom stereocenters. The Morgan fingerprint density at radius 2 is 0.542 bits per heavy atom. The molecule has 0 radical (unpaired) electrons. The van der Waals surface area contributed by atoms with Crippen molar-refractivity contribution in [2.45, 2.75) is 245 Å². The smallest absolute Gasteiger partial charge is 0.187 e. The third kappa shape index (κ3) is 19.7. The van der Waals surface area contributed by atoms with E-state index < -0.39 is 233 Å². The molecule has 38 nitrogen and oxygen atoms in total. The first-order chi connectivity index (χ1) is 45.8. The maximum Gasteiger partial charge on any atom is 0.187 e. The number of aliphatic hydroxyl groups is 12. The van der Waals surface area contributed by atoms with Gasteiger partial charge in [-0.3, -0.25) is 0 Å². The molecule has 38 atom stereocenters. The van der Waals surface area contributed by atoms with Crippen LogP contribution < -0.4 is 68.8 Å². The Morgan fingerprint density at radius 3 is 0.833 bits per heavy atom. The van der Waals surface area contributed by atoms with E-state index in [1.165, 1.54) is 23.5 Å². The molecule has 0 aromatic heterocycles. The van der Waals surface area contributed by atoms with Gasteiger partial charge in [0.15, 0.2) is 37.7 Å². The molecule has 0 bridgehead atoms. The van der Waals surface area contributed by atoms with Crippen LogP contribution in [0.2, 0.25) is 0 Å². The van der Waals surface area contributed by atoms with Crippen molar-refractivity contribution in [3.05, 3.63) is 0 Å². The van der Waals surface area contributed by atoms with Crippen molar-refractivity contribution in [1.82, 2.24) is 0 Å². The van der Waals surface area contributed by atoms with Gasteiger partial charge in [-0.1, -0.05) is 21.6 Å². The van der Waals surface area contributed by atoms with E-state index in [1.807, 2.05) is 0 Å². The van der Waals surface area contributed by atoms with Gasteiger partial charge >= 0.3 is 0 Å². The highest BCUT2D eigenvalue weighted by atomic mass is 33.1. The second kappa shape index (κ2) is 38.2. The second-order valence-corrected chi connectivity index (χ2v) is 30.1. The molecular formula is C54H106N12O26S4. The summed E-state index contributed by atoms with van der Waals surface area (Å²) in [5.41, 5.74) is 73.7. The molecule has 42 heteroatoms. The molecule has 6 saturated heterocycles. The SMILES string of the molecule is NCC1O[C@H](O[C@@H]2C(N)C[C@@H](N)C(O)[C@H]2O[C@@H]2O[C@H](CSCCOCCSSCCOCCSC[C@H]3O[C@@H](O[C@@H]4C(O)[C@H](N)CC(N)[C@H]4O[C@H]4OC(CN)[C@@H](O)[C@H](O)C4N)[C@@H](O)[C@H]3OC3O[C@@H](CN)C(O)[C@@H](O)[C@H]3N)[C@H](OC3O[C@@H](CN)C(O)[C@@H](O)[C@H]3N)[C@@H]2O)C(N)[C@@H](O)[C@@H]1O. The predicted octanol–water partition coefficient (Wildman–Crippen LogP) is -13.9. The summed E-state index contributed by atoms with van der Waals surface area (Å²) in [5.74, 6) is 2.64. The van der Waals surface area contributed by atoms with Crippen molar-refractivity contribution < 1.29 is 128 Å². The molecule has 2 aliphatic carbocycles. The number of thioether (sulfide) groups is 2. The highest BCUT2D eigenvalue weighted by Crippen LogP contribution is 2.39. The molecule has 96 heavy (non-hydrogen) atoms. The van der Waals surface area contributed by atoms with Gasteiger partial charge in [0.1, 0.15) is 122 Å². The minimum absolute atomic E-state index is 0.0588. The molecule has 8 aliphatic rings. The van der Waals surface area contributed by atoms with Crippen molar-refractivity contribution in [1.29, 1.82) is 0 Å². The number of hydrogen-bond donors (Lipinski definition) is 24. The minimum Gasteiger partial charge on any atom is -0.389 e. The highest BCUT2D eigenvalue weighted by molar-refractivity contribution is 8.76. The molecular weight excluding hydrogens is 1360 g/mol. The number of rotatable bonds is 33. The summed E-state index contributed by atoms with van der Waals surface area (Å²) in [5, 5.41) is 131. The summed E-state index contributed by atoms with van der Waals surface area (Å²) in [4.78, 5) is 0. The minimum atomic E-state index is -1.59. The van der Waals surface area contributed by atoms with Crippen LogP contribution in [0.25, 0.3) is 0 Å². The fourth-order valence-electron chi connectivity index (χ4n) is 12.6. The summed E-state index contributed by atoms with van der Waals surface area (Å²) in [7, 11) is 3.18. The predicted molar refractivity (Wildman–Crippen MR) is 344 cm³/mol. The van der Waals surface area contributed by atoms with E-state index in [9.17, 15) is 61.3 Å². The van der Waals surface area contributed by atoms with Crippen LogP contribution >= 0.6 is 45.1 Å². The van der Waals surface area contributed by atoms with Crippen LogP contribution in [0, 0.1) is 0 Å². The Labute approximate surface area is 571 Å². The first-order valence-electron chi connectivity index (χ1n) is 32.2. The van der Waals surface area contributed by atoms with Gasteiger partial charge in [0.25, 0.3) is 0 Å². The molecule has 0 spiro atoms. The average Bonchev–Trinajstić information content (AvgIpc) is 1.59. The molecule has 0 aromatic rings. The van der Waals surface area contributed by atoms with Gasteiger partial charge in [-0.25, -0.2) is 0 Å². The molecule has 6 heterocycles. The van der Waals surface area contributed by atoms with Crippen LogP contribution in [0.5, 0.6) is 0 Å². The molecule has 0 aromatic carbocycles. The maximum absolute atomic E-state index is 11.9. The van der Waals surface area contributed by atoms with Crippen molar-refractivity contribution in [2.24, 2.45) is 68.8 Å². The van der Waals surface area contributed by atoms with Crippen LogP contribution in [0.1, 0.15) is 12.8 Å². The largest absolute Gasteiger partial charge is 0.389 e. The van der Waals surface area contributed by atoms with E-state index in [-0.39, 0.29) is 50.5 Å². The van der Waals surface area contributed by atoms with E-state index in [2.05, 4.69) is 0 Å². The lowest BCUT2D eigenvalue weighted by atomic mass is 9.84. The van der Waals surface area contributed by atoms with E-state index in [1.54, 1.807) is 21.6 Å². The Balaban J connectivity index is 0.772. The highest BCUT2D eigenvalue weighted by Gasteiger charge is 2.57. The van der Waals surface area contributed by atoms with Gasteiger partial charge in [0.05, 0.1) is 75.0 Å². The Kier molecular flexibility index (Phi) is 32.5. The molecule has 36 N–H and O–H groups in total. The standard InChI is InChI=1S/C54H106N12O26S4/c55-11-21-33(69)37(73)27(63)49(81-21)87-43-19(61)9-17(59)31(67)47(43)91-53-41(77)45(89-51-29(65)39(75)35(71)23(13-57)83-51)25(85-53)15-93-5-1-79-3-7-95-96-8-4-80-2-6-94-16-26-46(90-52-30(66)40(76)36(72)24(14-58)84-52)42(78)54(86-26)92-48-32(68)18(60)10-20(62)44(48)88-50-28(64)38(74)34(70)22(12-56)82-50/h17-54,67-78H,1-16,55-66H2/t17-,18-,19?,20?,21?,22?,23+,24+,25-,26-,27?,28?,29-,30-,31?,32?,33-,34-,35?,36?,37-,38-,39+,40+,41+,42+,43-,44-,45+,46+,47-,48-,49-,50-,51?,52?,53+,54+/m1/s1. The number of ether oxygens (including phenoxy) is 14. The van der Waals surface area contributed by atoms with Gasteiger partial charge in [0, 0.05) is 84.9 Å². The van der Waals surface area contributed by atoms with Crippen molar-refractivity contribution in [3.63, 3.8) is 0 Å². The lowest BCUT2D eigenvalue weighted by Gasteiger charge is -2.47. The van der Waals surface area contributed by atoms with Crippen LogP contribution in [-0.2, 0) is 66.3 Å². The third-order valence-corrected chi connectivity index (χ3v) is 22.8. The van der Waals surface area contributed by atoms with Crippen LogP contribution in [0.3, 0.4) is 0 Å². The zero-order chi connectivity index (χ0) is 70.0. The summed E-state index contributed by atoms with van der Waals surface area (Å²) >= 11 is 2.81. The fourth-order valence-corrected chi connectivity index (χ4v) is 16.1. The van der Waals surface area contributed by atoms with Gasteiger partial charge in [-0.2, -0.15) is 23.5 Å². The summed E-state index contributed by atoms with van der Waals surface area (Å²) in [6.07, 6.45) is -39.8. The van der Waals surface area contributed by atoms with Crippen molar-refractivity contribution in [3.8, 4) is 0 Å². The summed E-state index contributed by atoms with van der Waals surface area (Å²) in [6, 6.07) is -8.71. The number of nitrogens with two attached hydrogens (primary N) is 12. The molecule has 2 saturated carbocycles. The molecule has 6 aliphatic heterocycles. The van der Waals surface area contributed by atoms with Gasteiger partial charge in [-0.05, 0) is 12.8 Å². The van der Waals surface area contributed by atoms with Crippen LogP contribution in [0.4, 0.5) is 0 Å². The third-order valence-electron chi connectivity index (χ3n) is 18.4. The zero-order valence-corrected chi connectivity index (χ0v) is 56.2. The fraction of sp³-hybridized carbons (Fsp3) is 1.00. The zero-order valence-electron chi connectivity index (χ0n) is 52.9. The van der Waals surface area contributed by atoms with E-state index in [0.29, 0.717) is 49.4 Å². The Morgan fingerprint density at radius 1 is 0.281 bits per heavy atom. The summed E-state index contributed by atoms with van der Waals surface area (Å²) in [6.45, 7) is 0.744. The Bertz CT molecular complexity index is 2130. The van der Waals surface area contributed by atoms with Crippen molar-refractivity contribution in [2.75, 3.05) is 87.1 Å². The first kappa shape index (κ1) is 81.5. The summed E-state index contributed by atoms with van der Waals surface area (Å²) < 4.78 is 85.0. The monoisotopic (exact) mass is 1470 g/mol. The van der Waals surface area contributed by atoms with Gasteiger partial charge < -0.3 is 196 Å². The lowest BCUT2D eigenvalue weighted by molar-refractivity contribution is -0.306. The van der Waals surface area contributed by atoms with Gasteiger partial charge in [-0.15, -0.1) is 0 Å².